The van der Waals surface area contributed by atoms with E-state index in [-0.39, 0.29) is 0 Å². The zero-order valence-corrected chi connectivity index (χ0v) is 49.3. The Bertz CT molecular complexity index is 4360. The van der Waals surface area contributed by atoms with E-state index in [1.54, 1.807) is 0 Å². The van der Waals surface area contributed by atoms with E-state index in [0.29, 0.717) is 0 Å². The zero-order valence-electron chi connectivity index (χ0n) is 49.3. The third-order valence-electron chi connectivity index (χ3n) is 17.7. The minimum Gasteiger partial charge on any atom is -0.309 e. The molecule has 14 aromatic rings. The van der Waals surface area contributed by atoms with E-state index in [4.69, 9.17) is 0 Å². The maximum Gasteiger partial charge on any atom is 0.0549 e. The molecule has 0 amide bonds. The van der Waals surface area contributed by atoms with Gasteiger partial charge in [-0.1, -0.05) is 185 Å². The topological polar surface area (TPSA) is 19.7 Å². The average Bonchev–Trinajstić information content (AvgIpc) is 3.25. The highest BCUT2D eigenvalue weighted by atomic mass is 15.0. The predicted molar refractivity (Wildman–Crippen MR) is 354 cm³/mol. The summed E-state index contributed by atoms with van der Waals surface area (Å²) in [6.45, 7) is 17.9. The van der Waals surface area contributed by atoms with Crippen molar-refractivity contribution in [2.75, 3.05) is 0 Å². The van der Waals surface area contributed by atoms with Crippen LogP contribution in [-0.2, 0) is 12.8 Å². The van der Waals surface area contributed by atoms with E-state index in [1.807, 2.05) is 0 Å². The van der Waals surface area contributed by atoms with Gasteiger partial charge in [-0.3, -0.25) is 0 Å². The molecule has 14 rings (SSSR count). The van der Waals surface area contributed by atoms with Crippen molar-refractivity contribution in [2.24, 2.45) is 0 Å². The van der Waals surface area contributed by atoms with Gasteiger partial charge in [0.05, 0.1) is 55.5 Å². The zero-order chi connectivity index (χ0) is 56.2. The molecule has 408 valence electrons. The van der Waals surface area contributed by atoms with E-state index in [9.17, 15) is 0 Å². The number of aryl methyl sites for hydroxylation is 8. The third-order valence-corrected chi connectivity index (χ3v) is 17.7. The molecule has 4 heteroatoms. The fourth-order valence-electron chi connectivity index (χ4n) is 14.1. The number of unbranched alkanes of at least 4 members (excludes halogenated alkanes) is 6. The van der Waals surface area contributed by atoms with Gasteiger partial charge < -0.3 is 18.3 Å². The Morgan fingerprint density at radius 1 is 0.256 bits per heavy atom. The predicted octanol–water partition coefficient (Wildman–Crippen LogP) is 21.9. The second-order valence-corrected chi connectivity index (χ2v) is 23.6. The first-order valence-corrected chi connectivity index (χ1v) is 30.4. The molecule has 0 saturated carbocycles. The summed E-state index contributed by atoms with van der Waals surface area (Å²) < 4.78 is 9.90. The monoisotopic (exact) mass is 1070 g/mol. The average molecular weight is 1070 g/mol. The fraction of sp³-hybridized carbons (Fsp3) is 0.231. The first-order chi connectivity index (χ1) is 40.1. The Hall–Kier alpha value is -8.60. The molecule has 4 nitrogen and oxygen atoms in total. The van der Waals surface area contributed by atoms with Gasteiger partial charge in [-0.2, -0.15) is 0 Å². The smallest absolute Gasteiger partial charge is 0.0549 e. The van der Waals surface area contributed by atoms with Crippen LogP contribution in [0.25, 0.3) is 110 Å². The van der Waals surface area contributed by atoms with Crippen LogP contribution < -0.4 is 0 Å². The largest absolute Gasteiger partial charge is 0.309 e. The molecule has 0 aliphatic carbocycles. The number of hydrogen-bond acceptors (Lipinski definition) is 0. The molecule has 0 bridgehead atoms. The fourth-order valence-corrected chi connectivity index (χ4v) is 14.1. The molecule has 0 aliphatic rings. The van der Waals surface area contributed by atoms with E-state index < -0.39 is 0 Å². The number of nitrogens with zero attached hydrogens (tertiary/aromatic N) is 4. The first-order valence-electron chi connectivity index (χ1n) is 30.4. The van der Waals surface area contributed by atoms with E-state index in [1.165, 1.54) is 206 Å². The normalized spacial score (nSPS) is 11.9. The first kappa shape index (κ1) is 52.8. The molecular weight excluding hydrogens is 993 g/mol. The number of rotatable bonds is 14. The van der Waals surface area contributed by atoms with Crippen LogP contribution in [0.5, 0.6) is 0 Å². The lowest BCUT2D eigenvalue weighted by Gasteiger charge is -2.16. The Morgan fingerprint density at radius 2 is 0.537 bits per heavy atom. The van der Waals surface area contributed by atoms with Crippen molar-refractivity contribution in [3.8, 4) is 22.7 Å². The summed E-state index contributed by atoms with van der Waals surface area (Å²) in [5.74, 6) is 0. The summed E-state index contributed by atoms with van der Waals surface area (Å²) in [5, 5.41) is 10.4. The Labute approximate surface area is 483 Å². The molecule has 0 aliphatic heterocycles. The molecule has 0 radical (unpaired) electrons. The molecule has 0 fully saturated rings. The third kappa shape index (κ3) is 9.27. The van der Waals surface area contributed by atoms with Gasteiger partial charge in [0.15, 0.2) is 0 Å². The van der Waals surface area contributed by atoms with Gasteiger partial charge in [-0.15, -0.1) is 0 Å². The highest BCUT2D eigenvalue weighted by Crippen LogP contribution is 2.43. The van der Waals surface area contributed by atoms with Crippen molar-refractivity contribution in [2.45, 2.75) is 120 Å². The van der Waals surface area contributed by atoms with Crippen LogP contribution in [0.3, 0.4) is 0 Å². The van der Waals surface area contributed by atoms with E-state index in [2.05, 4.69) is 268 Å². The highest BCUT2D eigenvalue weighted by Gasteiger charge is 2.22. The molecular formula is C78H76N4. The van der Waals surface area contributed by atoms with Crippen LogP contribution in [0.15, 0.2) is 194 Å². The second-order valence-electron chi connectivity index (χ2n) is 23.6. The van der Waals surface area contributed by atoms with Crippen molar-refractivity contribution >= 4 is 87.2 Å². The lowest BCUT2D eigenvalue weighted by molar-refractivity contribution is 0.667. The maximum absolute atomic E-state index is 2.49. The molecule has 0 unspecified atom stereocenters. The molecule has 0 saturated heterocycles. The quantitative estimate of drug-likeness (QED) is 0.0967. The number of para-hydroxylation sites is 4. The number of benzene rings is 10. The van der Waals surface area contributed by atoms with Gasteiger partial charge in [-0.25, -0.2) is 0 Å². The Morgan fingerprint density at radius 3 is 0.841 bits per heavy atom. The molecule has 4 heterocycles. The summed E-state index contributed by atoms with van der Waals surface area (Å²) in [6.07, 6.45) is 12.7. The van der Waals surface area contributed by atoms with Gasteiger partial charge in [0.25, 0.3) is 0 Å². The van der Waals surface area contributed by atoms with Crippen molar-refractivity contribution in [3.63, 3.8) is 0 Å². The highest BCUT2D eigenvalue weighted by molar-refractivity contribution is 6.20. The van der Waals surface area contributed by atoms with Gasteiger partial charge >= 0.3 is 0 Å². The molecule has 0 spiro atoms. The van der Waals surface area contributed by atoms with E-state index in [0.717, 1.165) is 12.8 Å². The van der Waals surface area contributed by atoms with E-state index >= 15 is 0 Å². The standard InChI is InChI=1S/C42H44N2.C36H32N2/c1-3-5-7-9-15-31-21-25-33(26-22-31)43-39-19-13-11-17-35(39)37-30-42-38(29-41(37)43)36-18-12-14-20-40(36)44(42)34-27-23-32(24-28-34)16-10-8-6-4-2;1-21-15-23(3)35(24(4)16-21)37-31-13-9-7-11-27(31)29-20-34-30(19-33(29)37)28-12-8-10-14-32(28)38(34)36-25(5)17-22(2)18-26(36)6/h11-14,17-30H,3-10,15-16H2,1-2H3;7-20H,1-6H3. The van der Waals surface area contributed by atoms with Crippen LogP contribution in [-0.4, -0.2) is 18.3 Å². The molecule has 10 aromatic carbocycles. The van der Waals surface area contributed by atoms with Crippen LogP contribution in [0, 0.1) is 41.5 Å². The van der Waals surface area contributed by atoms with Crippen molar-refractivity contribution < 1.29 is 0 Å². The maximum atomic E-state index is 2.49. The Balaban J connectivity index is 0.000000155. The van der Waals surface area contributed by atoms with Crippen LogP contribution in [0.1, 0.15) is 110 Å². The van der Waals surface area contributed by atoms with Crippen LogP contribution >= 0.6 is 0 Å². The van der Waals surface area contributed by atoms with Crippen LogP contribution in [0.4, 0.5) is 0 Å². The molecule has 4 aromatic heterocycles. The number of hydrogen-bond donors (Lipinski definition) is 0. The number of fused-ring (bicyclic) bond motifs is 12. The second kappa shape index (κ2) is 22.0. The summed E-state index contributed by atoms with van der Waals surface area (Å²) in [5.41, 5.74) is 25.8. The molecule has 82 heavy (non-hydrogen) atoms. The van der Waals surface area contributed by atoms with Crippen molar-refractivity contribution in [3.05, 3.63) is 239 Å². The molecule has 0 N–H and O–H groups in total. The van der Waals surface area contributed by atoms with Gasteiger partial charge in [0, 0.05) is 54.5 Å². The summed E-state index contributed by atoms with van der Waals surface area (Å²) in [7, 11) is 0. The summed E-state index contributed by atoms with van der Waals surface area (Å²) in [6, 6.07) is 73.0. The SMILES string of the molecule is CCCCCCc1ccc(-n2c3ccccc3c3cc4c(cc32)c2ccccc2n4-c2ccc(CCCCCC)cc2)cc1.Cc1cc(C)c(-n2c3ccccc3c3cc4c(cc32)c2ccccc2n4-c2c(C)cc(C)cc2C)c(C)c1. The van der Waals surface area contributed by atoms with Gasteiger partial charge in [-0.05, 0) is 173 Å². The van der Waals surface area contributed by atoms with Crippen molar-refractivity contribution in [1.82, 2.24) is 18.3 Å². The molecule has 0 atom stereocenters. The number of aromatic nitrogens is 4. The van der Waals surface area contributed by atoms with Crippen molar-refractivity contribution in [1.29, 1.82) is 0 Å². The summed E-state index contributed by atoms with van der Waals surface area (Å²) >= 11 is 0. The van der Waals surface area contributed by atoms with Crippen LogP contribution in [0.2, 0.25) is 0 Å². The minimum atomic E-state index is 1.16. The summed E-state index contributed by atoms with van der Waals surface area (Å²) in [4.78, 5) is 0. The lowest BCUT2D eigenvalue weighted by atomic mass is 10.0. The van der Waals surface area contributed by atoms with Gasteiger partial charge in [0.2, 0.25) is 0 Å². The Kier molecular flexibility index (Phi) is 14.2. The van der Waals surface area contributed by atoms with Gasteiger partial charge in [0.1, 0.15) is 0 Å². The minimum absolute atomic E-state index is 1.16. The lowest BCUT2D eigenvalue weighted by Crippen LogP contribution is -2.01.